The van der Waals surface area contributed by atoms with Gasteiger partial charge in [0, 0.05) is 35.3 Å². The van der Waals surface area contributed by atoms with E-state index in [1.54, 1.807) is 6.92 Å². The summed E-state index contributed by atoms with van der Waals surface area (Å²) < 4.78 is 11.2. The molecule has 4 nitrogen and oxygen atoms in total. The molecular formula is C36H30O4. The molecular weight excluding hydrogens is 496 g/mol. The average molecular weight is 527 g/mol. The van der Waals surface area contributed by atoms with E-state index in [1.807, 2.05) is 115 Å². The Bertz CT molecular complexity index is 1470. The van der Waals surface area contributed by atoms with Crippen LogP contribution in [0.1, 0.15) is 40.3 Å². The molecule has 0 amide bonds. The van der Waals surface area contributed by atoms with Crippen molar-refractivity contribution >= 4 is 12.0 Å². The Morgan fingerprint density at radius 2 is 1.32 bits per heavy atom. The van der Waals surface area contributed by atoms with E-state index in [0.29, 0.717) is 25.4 Å². The Balaban J connectivity index is 1.45. The summed E-state index contributed by atoms with van der Waals surface area (Å²) >= 11 is 0. The first-order chi connectivity index (χ1) is 19.6. The summed E-state index contributed by atoms with van der Waals surface area (Å²) in [7, 11) is 0. The molecule has 4 rings (SSSR count). The summed E-state index contributed by atoms with van der Waals surface area (Å²) in [6, 6.07) is 33.3. The lowest BCUT2D eigenvalue weighted by Gasteiger charge is -2.12. The molecule has 0 aliphatic carbocycles. The number of carbonyl (C=O) groups is 1. The van der Waals surface area contributed by atoms with Crippen molar-refractivity contribution < 1.29 is 19.4 Å². The first-order valence-electron chi connectivity index (χ1n) is 13.1. The van der Waals surface area contributed by atoms with Crippen LogP contribution in [0.4, 0.5) is 0 Å². The first kappa shape index (κ1) is 28.0. The molecule has 0 saturated carbocycles. The predicted molar refractivity (Wildman–Crippen MR) is 159 cm³/mol. The van der Waals surface area contributed by atoms with Gasteiger partial charge in [0.25, 0.3) is 0 Å². The molecule has 0 unspecified atom stereocenters. The first-order valence-corrected chi connectivity index (χ1v) is 13.1. The molecule has 4 aromatic carbocycles. The van der Waals surface area contributed by atoms with Crippen LogP contribution in [-0.2, 0) is 16.0 Å². The highest BCUT2D eigenvalue weighted by molar-refractivity contribution is 5.72. The zero-order valence-corrected chi connectivity index (χ0v) is 22.3. The van der Waals surface area contributed by atoms with Crippen LogP contribution in [0.3, 0.4) is 0 Å². The van der Waals surface area contributed by atoms with Crippen molar-refractivity contribution in [3.8, 4) is 29.4 Å². The second kappa shape index (κ2) is 14.8. The van der Waals surface area contributed by atoms with Gasteiger partial charge in [-0.15, -0.1) is 0 Å². The van der Waals surface area contributed by atoms with E-state index in [1.165, 1.54) is 0 Å². The maximum absolute atomic E-state index is 11.3. The van der Waals surface area contributed by atoms with Gasteiger partial charge in [-0.2, -0.15) is 0 Å². The summed E-state index contributed by atoms with van der Waals surface area (Å²) in [5, 5.41) is 9.28. The van der Waals surface area contributed by atoms with Crippen molar-refractivity contribution in [1.82, 2.24) is 0 Å². The van der Waals surface area contributed by atoms with Crippen molar-refractivity contribution in [2.24, 2.45) is 0 Å². The van der Waals surface area contributed by atoms with Crippen LogP contribution in [0.25, 0.3) is 6.08 Å². The molecule has 0 radical (unpaired) electrons. The van der Waals surface area contributed by atoms with Gasteiger partial charge in [0.15, 0.2) is 6.10 Å². The second-order valence-electron chi connectivity index (χ2n) is 8.92. The zero-order chi connectivity index (χ0) is 28.0. The van der Waals surface area contributed by atoms with Crippen molar-refractivity contribution in [3.05, 3.63) is 143 Å². The summed E-state index contributed by atoms with van der Waals surface area (Å²) in [4.78, 5) is 11.3. The molecule has 0 aromatic heterocycles. The summed E-state index contributed by atoms with van der Waals surface area (Å²) in [5.74, 6) is 12.7. The van der Waals surface area contributed by atoms with Crippen LogP contribution in [-0.4, -0.2) is 30.4 Å². The van der Waals surface area contributed by atoms with Crippen molar-refractivity contribution in [2.75, 3.05) is 13.2 Å². The summed E-state index contributed by atoms with van der Waals surface area (Å²) in [6.45, 7) is 2.52. The van der Waals surface area contributed by atoms with Gasteiger partial charge in [-0.25, -0.2) is 4.79 Å². The molecule has 0 saturated heterocycles. The molecule has 40 heavy (non-hydrogen) atoms. The maximum Gasteiger partial charge on any atom is 0.333 e. The zero-order valence-electron chi connectivity index (χ0n) is 22.3. The highest BCUT2D eigenvalue weighted by atomic mass is 16.5. The molecule has 4 aromatic rings. The number of hydrogen-bond donors (Lipinski definition) is 1. The third kappa shape index (κ3) is 9.07. The Morgan fingerprint density at radius 1 is 0.775 bits per heavy atom. The van der Waals surface area contributed by atoms with E-state index in [9.17, 15) is 9.90 Å². The smallest absolute Gasteiger partial charge is 0.333 e. The molecule has 0 aliphatic heterocycles. The van der Waals surface area contributed by atoms with Crippen LogP contribution >= 0.6 is 0 Å². The molecule has 0 spiro atoms. The standard InChI is InChI=1S/C36H30O4/c1-2-39-35(36(37)38)27-30-19-21-34(22-20-30)40-23-9-14-31-24-32(17-15-28-10-5-3-6-11-28)26-33(25-31)18-16-29-12-7-4-8-13-29/h3-14,19-22,24-26,35H,2,23,27H2,1H3,(H,37,38)/b14-9+/t35-/m0/s1. The van der Waals surface area contributed by atoms with Crippen LogP contribution in [0.2, 0.25) is 0 Å². The Kier molecular flexibility index (Phi) is 10.3. The minimum absolute atomic E-state index is 0.308. The average Bonchev–Trinajstić information content (AvgIpc) is 2.99. The van der Waals surface area contributed by atoms with Gasteiger partial charge in [0.05, 0.1) is 0 Å². The number of benzene rings is 4. The van der Waals surface area contributed by atoms with Crippen molar-refractivity contribution in [3.63, 3.8) is 0 Å². The normalized spacial score (nSPS) is 11.1. The lowest BCUT2D eigenvalue weighted by Crippen LogP contribution is -2.26. The fraction of sp³-hybridized carbons (Fsp3) is 0.139. The van der Waals surface area contributed by atoms with Gasteiger partial charge in [-0.1, -0.05) is 78.3 Å². The number of ether oxygens (including phenoxy) is 2. The molecule has 1 atom stereocenters. The SMILES string of the molecule is CCO[C@@H](Cc1ccc(OC/C=C/c2cc(C#Cc3ccccc3)cc(C#Cc3ccccc3)c2)cc1)C(=O)O. The fourth-order valence-corrected chi connectivity index (χ4v) is 3.91. The third-order valence-electron chi connectivity index (χ3n) is 5.85. The van der Waals surface area contributed by atoms with Crippen molar-refractivity contribution in [1.29, 1.82) is 0 Å². The minimum Gasteiger partial charge on any atom is -0.490 e. The molecule has 0 aliphatic rings. The number of hydrogen-bond acceptors (Lipinski definition) is 3. The van der Waals surface area contributed by atoms with Crippen LogP contribution in [0, 0.1) is 23.7 Å². The molecule has 4 heteroatoms. The lowest BCUT2D eigenvalue weighted by molar-refractivity contribution is -0.149. The van der Waals surface area contributed by atoms with Crippen molar-refractivity contribution in [2.45, 2.75) is 19.4 Å². The largest absolute Gasteiger partial charge is 0.490 e. The van der Waals surface area contributed by atoms with E-state index in [2.05, 4.69) is 23.7 Å². The second-order valence-corrected chi connectivity index (χ2v) is 8.92. The molecule has 0 fully saturated rings. The molecule has 1 N–H and O–H groups in total. The van der Waals surface area contributed by atoms with Gasteiger partial charge >= 0.3 is 5.97 Å². The highest BCUT2D eigenvalue weighted by Crippen LogP contribution is 2.16. The number of aliphatic carboxylic acids is 1. The van der Waals surface area contributed by atoms with Gasteiger partial charge in [-0.05, 0) is 78.7 Å². The van der Waals surface area contributed by atoms with Gasteiger partial charge in [0.2, 0.25) is 0 Å². The van der Waals surface area contributed by atoms with E-state index in [0.717, 1.165) is 33.4 Å². The predicted octanol–water partition coefficient (Wildman–Crippen LogP) is 6.61. The molecule has 0 heterocycles. The number of carboxylic acid groups (broad SMARTS) is 1. The molecule has 198 valence electrons. The van der Waals surface area contributed by atoms with Crippen LogP contribution in [0.15, 0.2) is 109 Å². The summed E-state index contributed by atoms with van der Waals surface area (Å²) in [6.07, 6.45) is 3.40. The van der Waals surface area contributed by atoms with E-state index in [4.69, 9.17) is 9.47 Å². The van der Waals surface area contributed by atoms with Gasteiger partial charge < -0.3 is 14.6 Å². The van der Waals surface area contributed by atoms with Gasteiger partial charge in [-0.3, -0.25) is 0 Å². The monoisotopic (exact) mass is 526 g/mol. The van der Waals surface area contributed by atoms with E-state index < -0.39 is 12.1 Å². The molecule has 0 bridgehead atoms. The third-order valence-corrected chi connectivity index (χ3v) is 5.85. The van der Waals surface area contributed by atoms with Crippen LogP contribution in [0.5, 0.6) is 5.75 Å². The quantitative estimate of drug-likeness (QED) is 0.249. The fourth-order valence-electron chi connectivity index (χ4n) is 3.91. The van der Waals surface area contributed by atoms with Crippen LogP contribution < -0.4 is 4.74 Å². The Morgan fingerprint density at radius 3 is 1.85 bits per heavy atom. The Hall–Kier alpha value is -5.03. The van der Waals surface area contributed by atoms with E-state index >= 15 is 0 Å². The lowest BCUT2D eigenvalue weighted by atomic mass is 10.0. The van der Waals surface area contributed by atoms with Gasteiger partial charge in [0.1, 0.15) is 12.4 Å². The number of carboxylic acids is 1. The minimum atomic E-state index is -0.961. The van der Waals surface area contributed by atoms with E-state index in [-0.39, 0.29) is 0 Å². The summed E-state index contributed by atoms with van der Waals surface area (Å²) in [5.41, 5.74) is 5.53. The topological polar surface area (TPSA) is 55.8 Å². The maximum atomic E-state index is 11.3. The Labute approximate surface area is 235 Å². The highest BCUT2D eigenvalue weighted by Gasteiger charge is 2.17. The number of rotatable bonds is 9.